The molecule has 3 nitrogen and oxygen atoms in total. The van der Waals surface area contributed by atoms with Gasteiger partial charge in [-0.05, 0) is 37.1 Å². The molecular weight excluding hydrogens is 270 g/mol. The lowest BCUT2D eigenvalue weighted by Crippen LogP contribution is -2.04. The third-order valence-corrected chi connectivity index (χ3v) is 3.69. The van der Waals surface area contributed by atoms with Crippen molar-refractivity contribution in [2.45, 2.75) is 26.1 Å². The molecule has 0 atom stereocenters. The fourth-order valence-corrected chi connectivity index (χ4v) is 2.65. The van der Waals surface area contributed by atoms with Crippen molar-refractivity contribution in [3.63, 3.8) is 0 Å². The van der Waals surface area contributed by atoms with Crippen molar-refractivity contribution in [1.82, 2.24) is 14.5 Å². The van der Waals surface area contributed by atoms with Crippen LogP contribution in [0.4, 0.5) is 0 Å². The first-order valence-corrected chi connectivity index (χ1v) is 7.27. The normalized spacial score (nSPS) is 11.2. The van der Waals surface area contributed by atoms with Crippen molar-refractivity contribution in [2.24, 2.45) is 0 Å². The number of alkyl halides is 1. The zero-order valence-corrected chi connectivity index (χ0v) is 12.4. The Bertz CT molecular complexity index is 762. The minimum atomic E-state index is 0.369. The van der Waals surface area contributed by atoms with E-state index >= 15 is 0 Å². The molecule has 0 radical (unpaired) electrons. The Morgan fingerprint density at radius 1 is 1.10 bits per heavy atom. The molecule has 0 aliphatic rings. The summed E-state index contributed by atoms with van der Waals surface area (Å²) in [6, 6.07) is 12.3. The van der Waals surface area contributed by atoms with E-state index in [1.54, 1.807) is 0 Å². The Morgan fingerprint density at radius 2 is 1.90 bits per heavy atom. The highest BCUT2D eigenvalue weighted by Gasteiger charge is 2.14. The Morgan fingerprint density at radius 3 is 2.65 bits per heavy atom. The van der Waals surface area contributed by atoms with Crippen LogP contribution in [-0.2, 0) is 12.3 Å². The lowest BCUT2D eigenvalue weighted by Gasteiger charge is -2.11. The van der Waals surface area contributed by atoms with Gasteiger partial charge in [0.05, 0.1) is 11.6 Å². The van der Waals surface area contributed by atoms with Gasteiger partial charge in [-0.15, -0.1) is 11.6 Å². The SMILES string of the molecule is CCc1ccccc1-n1c(CCl)nc2ccc(C)nc21. The van der Waals surface area contributed by atoms with Gasteiger partial charge in [0.1, 0.15) is 11.3 Å². The first-order chi connectivity index (χ1) is 9.74. The number of para-hydroxylation sites is 1. The van der Waals surface area contributed by atoms with Crippen molar-refractivity contribution in [1.29, 1.82) is 0 Å². The fourth-order valence-electron chi connectivity index (χ4n) is 2.47. The highest BCUT2D eigenvalue weighted by molar-refractivity contribution is 6.16. The third kappa shape index (κ3) is 2.08. The van der Waals surface area contributed by atoms with E-state index in [2.05, 4.69) is 39.7 Å². The van der Waals surface area contributed by atoms with Gasteiger partial charge in [-0.2, -0.15) is 0 Å². The van der Waals surface area contributed by atoms with Crippen molar-refractivity contribution < 1.29 is 0 Å². The van der Waals surface area contributed by atoms with E-state index in [4.69, 9.17) is 11.6 Å². The fraction of sp³-hybridized carbons (Fsp3) is 0.250. The Hall–Kier alpha value is -1.87. The summed E-state index contributed by atoms with van der Waals surface area (Å²) in [7, 11) is 0. The van der Waals surface area contributed by atoms with Gasteiger partial charge in [-0.25, -0.2) is 9.97 Å². The van der Waals surface area contributed by atoms with Crippen LogP contribution in [0.1, 0.15) is 24.0 Å². The molecule has 0 aliphatic carbocycles. The van der Waals surface area contributed by atoms with Crippen LogP contribution in [0.15, 0.2) is 36.4 Å². The molecule has 0 spiro atoms. The van der Waals surface area contributed by atoms with E-state index in [9.17, 15) is 0 Å². The minimum absolute atomic E-state index is 0.369. The van der Waals surface area contributed by atoms with Gasteiger partial charge in [0, 0.05) is 5.69 Å². The molecule has 0 fully saturated rings. The molecule has 20 heavy (non-hydrogen) atoms. The largest absolute Gasteiger partial charge is 0.279 e. The van der Waals surface area contributed by atoms with Crippen LogP contribution >= 0.6 is 11.6 Å². The zero-order valence-electron chi connectivity index (χ0n) is 11.6. The van der Waals surface area contributed by atoms with Crippen LogP contribution < -0.4 is 0 Å². The van der Waals surface area contributed by atoms with Gasteiger partial charge >= 0.3 is 0 Å². The number of aryl methyl sites for hydroxylation is 2. The van der Waals surface area contributed by atoms with Gasteiger partial charge in [0.15, 0.2) is 5.65 Å². The number of aromatic nitrogens is 3. The standard InChI is InChI=1S/C16H16ClN3/c1-3-12-6-4-5-7-14(12)20-15(10-17)19-13-9-8-11(2)18-16(13)20/h4-9H,3,10H2,1-2H3. The van der Waals surface area contributed by atoms with Gasteiger partial charge in [-0.3, -0.25) is 4.57 Å². The molecule has 1 aromatic carbocycles. The monoisotopic (exact) mass is 285 g/mol. The maximum Gasteiger partial charge on any atom is 0.164 e. The van der Waals surface area contributed by atoms with E-state index < -0.39 is 0 Å². The molecule has 0 unspecified atom stereocenters. The van der Waals surface area contributed by atoms with Crippen LogP contribution in [0.2, 0.25) is 0 Å². The second-order valence-electron chi connectivity index (χ2n) is 4.77. The first-order valence-electron chi connectivity index (χ1n) is 6.73. The molecule has 0 aliphatic heterocycles. The van der Waals surface area contributed by atoms with Gasteiger partial charge < -0.3 is 0 Å². The molecule has 0 saturated heterocycles. The van der Waals surface area contributed by atoms with Crippen molar-refractivity contribution in [3.8, 4) is 5.69 Å². The Labute approximate surface area is 123 Å². The number of hydrogen-bond donors (Lipinski definition) is 0. The average Bonchev–Trinajstić information content (AvgIpc) is 2.84. The third-order valence-electron chi connectivity index (χ3n) is 3.45. The quantitative estimate of drug-likeness (QED) is 0.680. The summed E-state index contributed by atoms with van der Waals surface area (Å²) in [5, 5.41) is 0. The Kier molecular flexibility index (Phi) is 3.45. The van der Waals surface area contributed by atoms with Crippen LogP contribution in [-0.4, -0.2) is 14.5 Å². The molecule has 0 N–H and O–H groups in total. The summed E-state index contributed by atoms with van der Waals surface area (Å²) in [6.45, 7) is 4.14. The van der Waals surface area contributed by atoms with Crippen molar-refractivity contribution >= 4 is 22.8 Å². The number of fused-ring (bicyclic) bond motifs is 1. The van der Waals surface area contributed by atoms with Gasteiger partial charge in [0.25, 0.3) is 0 Å². The van der Waals surface area contributed by atoms with Crippen LogP contribution in [0, 0.1) is 6.92 Å². The first kappa shape index (κ1) is 13.1. The van der Waals surface area contributed by atoms with Crippen molar-refractivity contribution in [3.05, 3.63) is 53.5 Å². The molecule has 2 aromatic heterocycles. The topological polar surface area (TPSA) is 30.7 Å². The summed E-state index contributed by atoms with van der Waals surface area (Å²) in [4.78, 5) is 9.23. The lowest BCUT2D eigenvalue weighted by atomic mass is 10.1. The molecule has 3 rings (SSSR count). The number of imidazole rings is 1. The van der Waals surface area contributed by atoms with E-state index in [-0.39, 0.29) is 0 Å². The molecule has 3 aromatic rings. The zero-order chi connectivity index (χ0) is 14.1. The van der Waals surface area contributed by atoms with Crippen LogP contribution in [0.25, 0.3) is 16.9 Å². The maximum atomic E-state index is 6.08. The second-order valence-corrected chi connectivity index (χ2v) is 5.04. The van der Waals surface area contributed by atoms with Crippen molar-refractivity contribution in [2.75, 3.05) is 0 Å². The maximum absolute atomic E-state index is 6.08. The number of halogens is 1. The summed E-state index contributed by atoms with van der Waals surface area (Å²) in [5.74, 6) is 1.20. The number of pyridine rings is 1. The highest BCUT2D eigenvalue weighted by atomic mass is 35.5. The molecule has 102 valence electrons. The van der Waals surface area contributed by atoms with Gasteiger partial charge in [0.2, 0.25) is 0 Å². The molecule has 0 bridgehead atoms. The Balaban J connectivity index is 2.36. The summed E-state index contributed by atoms with van der Waals surface area (Å²) in [6.07, 6.45) is 0.962. The van der Waals surface area contributed by atoms with E-state index in [0.717, 1.165) is 34.8 Å². The van der Waals surface area contributed by atoms with E-state index in [0.29, 0.717) is 5.88 Å². The summed E-state index contributed by atoms with van der Waals surface area (Å²) >= 11 is 6.08. The molecule has 0 saturated carbocycles. The average molecular weight is 286 g/mol. The molecular formula is C16H16ClN3. The highest BCUT2D eigenvalue weighted by Crippen LogP contribution is 2.24. The van der Waals surface area contributed by atoms with Crippen LogP contribution in [0.3, 0.4) is 0 Å². The lowest BCUT2D eigenvalue weighted by molar-refractivity contribution is 0.942. The molecule has 4 heteroatoms. The molecule has 2 heterocycles. The number of hydrogen-bond acceptors (Lipinski definition) is 2. The predicted molar refractivity (Wildman–Crippen MR) is 82.5 cm³/mol. The predicted octanol–water partition coefficient (Wildman–Crippen LogP) is 4.03. The van der Waals surface area contributed by atoms with E-state index in [1.807, 2.05) is 25.1 Å². The summed E-state index contributed by atoms with van der Waals surface area (Å²) in [5.41, 5.74) is 5.13. The summed E-state index contributed by atoms with van der Waals surface area (Å²) < 4.78 is 2.08. The van der Waals surface area contributed by atoms with Crippen LogP contribution in [0.5, 0.6) is 0 Å². The van der Waals surface area contributed by atoms with E-state index in [1.165, 1.54) is 5.56 Å². The second kappa shape index (κ2) is 5.25. The number of rotatable bonds is 3. The number of nitrogens with zero attached hydrogens (tertiary/aromatic N) is 3. The number of benzene rings is 1. The van der Waals surface area contributed by atoms with Gasteiger partial charge in [-0.1, -0.05) is 25.1 Å². The smallest absolute Gasteiger partial charge is 0.164 e. The minimum Gasteiger partial charge on any atom is -0.279 e. The molecule has 0 amide bonds.